The number of nitrogens with one attached hydrogen (secondary N) is 2. The van der Waals surface area contributed by atoms with Gasteiger partial charge in [-0.05, 0) is 76.3 Å². The van der Waals surface area contributed by atoms with Crippen LogP contribution in [0.3, 0.4) is 0 Å². The number of urea groups is 2. The number of fused-ring (bicyclic) bond motifs is 2. The summed E-state index contributed by atoms with van der Waals surface area (Å²) in [5.74, 6) is -0.151. The van der Waals surface area contributed by atoms with Gasteiger partial charge in [0.05, 0.1) is 17.8 Å². The third-order valence-corrected chi connectivity index (χ3v) is 7.48. The summed E-state index contributed by atoms with van der Waals surface area (Å²) >= 11 is 0. The molecule has 0 aliphatic carbocycles. The maximum Gasteiger partial charge on any atom is 0.435 e. The van der Waals surface area contributed by atoms with Crippen LogP contribution in [0.2, 0.25) is 0 Å². The van der Waals surface area contributed by atoms with E-state index >= 15 is 0 Å². The van der Waals surface area contributed by atoms with Crippen molar-refractivity contribution in [2.24, 2.45) is 0 Å². The van der Waals surface area contributed by atoms with Crippen LogP contribution >= 0.6 is 0 Å². The molecule has 1 atom stereocenters. The van der Waals surface area contributed by atoms with E-state index in [-0.39, 0.29) is 23.9 Å². The van der Waals surface area contributed by atoms with Gasteiger partial charge in [-0.25, -0.2) is 14.4 Å². The first kappa shape index (κ1) is 28.1. The average Bonchev–Trinajstić information content (AvgIpc) is 3.35. The number of para-hydroxylation sites is 1. The molecule has 3 aromatic rings. The van der Waals surface area contributed by atoms with Crippen molar-refractivity contribution in [2.75, 3.05) is 18.4 Å². The van der Waals surface area contributed by atoms with Crippen LogP contribution in [0, 0.1) is 0 Å². The number of hydrogen-bond donors (Lipinski definition) is 2. The fourth-order valence-corrected chi connectivity index (χ4v) is 5.33. The topological polar surface area (TPSA) is 126 Å². The number of nitrogens with zero attached hydrogens (tertiary/aromatic N) is 4. The normalized spacial score (nSPS) is 16.6. The van der Waals surface area contributed by atoms with Crippen LogP contribution in [0.15, 0.2) is 48.7 Å². The Morgan fingerprint density at radius 3 is 2.56 bits per heavy atom. The molecule has 1 aromatic heterocycles. The molecule has 3 heterocycles. The molecule has 41 heavy (non-hydrogen) atoms. The van der Waals surface area contributed by atoms with Crippen LogP contribution < -0.4 is 10.6 Å². The Labute approximate surface area is 238 Å². The summed E-state index contributed by atoms with van der Waals surface area (Å²) in [5.41, 5.74) is 2.70. The van der Waals surface area contributed by atoms with Crippen molar-refractivity contribution in [3.8, 4) is 0 Å². The molecule has 5 rings (SSSR count). The second kappa shape index (κ2) is 11.2. The second-order valence-corrected chi connectivity index (χ2v) is 11.7. The number of rotatable bonds is 5. The summed E-state index contributed by atoms with van der Waals surface area (Å²) in [6.45, 7) is 8.36. The third-order valence-electron chi connectivity index (χ3n) is 7.48. The van der Waals surface area contributed by atoms with Gasteiger partial charge < -0.3 is 25.2 Å². The van der Waals surface area contributed by atoms with Crippen molar-refractivity contribution in [1.29, 1.82) is 0 Å². The fourth-order valence-electron chi connectivity index (χ4n) is 5.33. The van der Waals surface area contributed by atoms with E-state index in [4.69, 9.17) is 4.74 Å². The van der Waals surface area contributed by atoms with Gasteiger partial charge in [-0.2, -0.15) is 9.78 Å². The number of ether oxygens (including phenoxy) is 1. The first-order chi connectivity index (χ1) is 19.5. The van der Waals surface area contributed by atoms with E-state index in [9.17, 15) is 19.2 Å². The molecule has 1 saturated heterocycles. The zero-order valence-electron chi connectivity index (χ0n) is 23.8. The first-order valence-corrected chi connectivity index (χ1v) is 13.9. The number of anilines is 1. The lowest BCUT2D eigenvalue weighted by Gasteiger charge is -2.40. The number of carbonyl (C=O) groups excluding carboxylic acids is 4. The highest BCUT2D eigenvalue weighted by Crippen LogP contribution is 2.27. The average molecular weight is 561 g/mol. The number of ketones is 1. The van der Waals surface area contributed by atoms with E-state index in [0.717, 1.165) is 22.2 Å². The van der Waals surface area contributed by atoms with E-state index in [1.54, 1.807) is 37.9 Å². The quantitative estimate of drug-likeness (QED) is 0.472. The molecule has 1 fully saturated rings. The number of hydrogen-bond acceptors (Lipinski definition) is 6. The minimum Gasteiger partial charge on any atom is -0.442 e. The lowest BCUT2D eigenvalue weighted by Crippen LogP contribution is -2.54. The summed E-state index contributed by atoms with van der Waals surface area (Å²) in [6.07, 6.45) is 2.63. The fraction of sp³-hybridized carbons (Fsp3) is 0.433. The number of aromatic nitrogens is 2. The Hall–Kier alpha value is -4.41. The third kappa shape index (κ3) is 6.34. The predicted molar refractivity (Wildman–Crippen MR) is 154 cm³/mol. The predicted octanol–water partition coefficient (Wildman–Crippen LogP) is 4.54. The van der Waals surface area contributed by atoms with Crippen molar-refractivity contribution < 1.29 is 23.9 Å². The van der Waals surface area contributed by atoms with Crippen LogP contribution in [0.1, 0.15) is 51.7 Å². The molecule has 2 aliphatic rings. The first-order valence-electron chi connectivity index (χ1n) is 13.9. The number of carbonyl (C=O) groups is 4. The van der Waals surface area contributed by atoms with E-state index in [1.165, 1.54) is 11.6 Å². The van der Waals surface area contributed by atoms with Gasteiger partial charge in [-0.15, -0.1) is 0 Å². The van der Waals surface area contributed by atoms with E-state index in [0.29, 0.717) is 44.4 Å². The molecule has 11 heteroatoms. The number of Topliss-reactive ketones (excluding diaryl/α,β-unsaturated/α-hetero) is 1. The summed E-state index contributed by atoms with van der Waals surface area (Å²) in [7, 11) is 0. The molecule has 0 radical (unpaired) electrons. The molecular formula is C30H36N6O5. The highest BCUT2D eigenvalue weighted by Gasteiger charge is 2.33. The van der Waals surface area contributed by atoms with Crippen LogP contribution in [-0.2, 0) is 22.5 Å². The van der Waals surface area contributed by atoms with Gasteiger partial charge in [0.2, 0.25) is 0 Å². The largest absolute Gasteiger partial charge is 0.442 e. The molecule has 2 aliphatic heterocycles. The Morgan fingerprint density at radius 2 is 1.85 bits per heavy atom. The van der Waals surface area contributed by atoms with E-state index in [1.807, 2.05) is 41.3 Å². The zero-order valence-corrected chi connectivity index (χ0v) is 23.8. The van der Waals surface area contributed by atoms with Gasteiger partial charge in [-0.3, -0.25) is 4.79 Å². The number of benzene rings is 2. The van der Waals surface area contributed by atoms with Gasteiger partial charge in [0.15, 0.2) is 5.78 Å². The number of amides is 4. The molecule has 4 amide bonds. The monoisotopic (exact) mass is 560 g/mol. The molecule has 2 aromatic carbocycles. The Balaban J connectivity index is 1.18. The molecular weight excluding hydrogens is 524 g/mol. The Bertz CT molecular complexity index is 1480. The van der Waals surface area contributed by atoms with Gasteiger partial charge in [0, 0.05) is 36.7 Å². The summed E-state index contributed by atoms with van der Waals surface area (Å²) in [4.78, 5) is 54.3. The lowest BCUT2D eigenvalue weighted by atomic mass is 10.0. The molecule has 0 saturated carbocycles. The van der Waals surface area contributed by atoms with Crippen LogP contribution in [0.25, 0.3) is 10.9 Å². The van der Waals surface area contributed by atoms with Gasteiger partial charge in [0.25, 0.3) is 0 Å². The van der Waals surface area contributed by atoms with Crippen LogP contribution in [0.5, 0.6) is 0 Å². The summed E-state index contributed by atoms with van der Waals surface area (Å²) < 4.78 is 6.63. The molecule has 2 N–H and O–H groups in total. The van der Waals surface area contributed by atoms with E-state index in [2.05, 4.69) is 15.7 Å². The van der Waals surface area contributed by atoms with Crippen LogP contribution in [-0.4, -0.2) is 74.3 Å². The lowest BCUT2D eigenvalue weighted by molar-refractivity contribution is -0.118. The molecule has 11 nitrogen and oxygen atoms in total. The van der Waals surface area contributed by atoms with Gasteiger partial charge in [-0.1, -0.05) is 24.3 Å². The van der Waals surface area contributed by atoms with Crippen molar-refractivity contribution in [1.82, 2.24) is 24.9 Å². The van der Waals surface area contributed by atoms with Gasteiger partial charge >= 0.3 is 18.2 Å². The second-order valence-electron chi connectivity index (χ2n) is 11.7. The standard InChI is InChI=1S/C30H36N6O5/c1-19(37)25(16-20-9-10-26-22(15-20)17-31-36(26)29(40)41-30(2,3)4)33-27(38)34-13-11-23(12-14-34)35-18-21-7-5-6-8-24(21)32-28(35)39/h5-10,15,17,23,25H,11-14,16,18H2,1-4H3,(H,32,39)(H,33,38). The minimum atomic E-state index is -0.706. The zero-order chi connectivity index (χ0) is 29.3. The Kier molecular flexibility index (Phi) is 7.70. The van der Waals surface area contributed by atoms with Crippen molar-refractivity contribution in [2.45, 2.75) is 71.2 Å². The van der Waals surface area contributed by atoms with Crippen LogP contribution in [0.4, 0.5) is 20.1 Å². The van der Waals surface area contributed by atoms with Crippen molar-refractivity contribution in [3.05, 3.63) is 59.8 Å². The molecule has 1 unspecified atom stereocenters. The maximum absolute atomic E-state index is 13.1. The summed E-state index contributed by atoms with van der Waals surface area (Å²) in [6, 6.07) is 12.1. The SMILES string of the molecule is CC(=O)C(Cc1ccc2c(cnn2C(=O)OC(C)(C)C)c1)NC(=O)N1CCC(N2Cc3ccccc3NC2=O)CC1. The summed E-state index contributed by atoms with van der Waals surface area (Å²) in [5, 5.41) is 10.8. The van der Waals surface area contributed by atoms with E-state index < -0.39 is 17.7 Å². The minimum absolute atomic E-state index is 0.0318. The number of likely N-dealkylation sites (tertiary alicyclic amines) is 1. The smallest absolute Gasteiger partial charge is 0.435 e. The van der Waals surface area contributed by atoms with Gasteiger partial charge in [0.1, 0.15) is 5.60 Å². The molecule has 216 valence electrons. The highest BCUT2D eigenvalue weighted by atomic mass is 16.6. The Morgan fingerprint density at radius 1 is 1.12 bits per heavy atom. The number of piperidine rings is 1. The highest BCUT2D eigenvalue weighted by molar-refractivity contribution is 5.92. The van der Waals surface area contributed by atoms with Crippen molar-refractivity contribution >= 4 is 40.5 Å². The molecule has 0 spiro atoms. The molecule has 0 bridgehead atoms. The maximum atomic E-state index is 13.1. The van der Waals surface area contributed by atoms with Crippen molar-refractivity contribution in [3.63, 3.8) is 0 Å².